The van der Waals surface area contributed by atoms with Crippen LogP contribution in [0.25, 0.3) is 0 Å². The largest absolute Gasteiger partial charge is 0.238 e. The van der Waals surface area contributed by atoms with Crippen molar-refractivity contribution in [3.8, 4) is 0 Å². The molecule has 2 aromatic rings. The molecule has 3 heteroatoms. The molecule has 0 aliphatic carbocycles. The molecule has 0 aliphatic heterocycles. The Bertz CT molecular complexity index is 541. The SMILES string of the molecule is CCc1nc(C)c(Cc2ccccc2C)c(Cl)n1. The zero-order valence-corrected chi connectivity index (χ0v) is 11.8. The van der Waals surface area contributed by atoms with Crippen LogP contribution < -0.4 is 0 Å². The van der Waals surface area contributed by atoms with Crippen molar-refractivity contribution < 1.29 is 0 Å². The van der Waals surface area contributed by atoms with E-state index >= 15 is 0 Å². The molecule has 2 nitrogen and oxygen atoms in total. The molecule has 0 aliphatic rings. The maximum Gasteiger partial charge on any atom is 0.136 e. The summed E-state index contributed by atoms with van der Waals surface area (Å²) in [6, 6.07) is 8.33. The summed E-state index contributed by atoms with van der Waals surface area (Å²) in [5, 5.41) is 0.586. The molecule has 0 saturated carbocycles. The minimum atomic E-state index is 0.586. The van der Waals surface area contributed by atoms with Crippen LogP contribution in [0.1, 0.15) is 35.1 Å². The molecule has 18 heavy (non-hydrogen) atoms. The minimum Gasteiger partial charge on any atom is -0.238 e. The third-order valence-corrected chi connectivity index (χ3v) is 3.47. The summed E-state index contributed by atoms with van der Waals surface area (Å²) in [4.78, 5) is 8.82. The topological polar surface area (TPSA) is 25.8 Å². The van der Waals surface area contributed by atoms with Gasteiger partial charge in [0.25, 0.3) is 0 Å². The van der Waals surface area contributed by atoms with E-state index < -0.39 is 0 Å². The van der Waals surface area contributed by atoms with E-state index in [0.717, 1.165) is 29.9 Å². The zero-order chi connectivity index (χ0) is 13.1. The minimum absolute atomic E-state index is 0.586. The molecule has 0 unspecified atom stereocenters. The summed E-state index contributed by atoms with van der Waals surface area (Å²) in [6.07, 6.45) is 1.60. The van der Waals surface area contributed by atoms with Crippen LogP contribution in [0.15, 0.2) is 24.3 Å². The fraction of sp³-hybridized carbons (Fsp3) is 0.333. The average Bonchev–Trinajstić information content (AvgIpc) is 2.35. The first-order valence-corrected chi connectivity index (χ1v) is 6.56. The molecule has 1 aromatic carbocycles. The molecule has 1 heterocycles. The molecule has 0 amide bonds. The highest BCUT2D eigenvalue weighted by Crippen LogP contribution is 2.22. The summed E-state index contributed by atoms with van der Waals surface area (Å²) in [6.45, 7) is 6.15. The standard InChI is InChI=1S/C15H17ClN2/c1-4-14-17-11(3)13(15(16)18-14)9-12-8-6-5-7-10(12)2/h5-8H,4,9H2,1-3H3. The first-order chi connectivity index (χ1) is 8.61. The van der Waals surface area contributed by atoms with Crippen molar-refractivity contribution >= 4 is 11.6 Å². The van der Waals surface area contributed by atoms with Crippen LogP contribution in [0.4, 0.5) is 0 Å². The van der Waals surface area contributed by atoms with Gasteiger partial charge in [0.05, 0.1) is 0 Å². The van der Waals surface area contributed by atoms with Crippen LogP contribution in [0.2, 0.25) is 5.15 Å². The van der Waals surface area contributed by atoms with Crippen molar-refractivity contribution in [2.45, 2.75) is 33.6 Å². The summed E-state index contributed by atoms with van der Waals surface area (Å²) in [5.74, 6) is 0.811. The maximum absolute atomic E-state index is 6.26. The summed E-state index contributed by atoms with van der Waals surface area (Å²) < 4.78 is 0. The van der Waals surface area contributed by atoms with Crippen LogP contribution in [-0.2, 0) is 12.8 Å². The van der Waals surface area contributed by atoms with Crippen molar-refractivity contribution in [3.05, 3.63) is 57.6 Å². The van der Waals surface area contributed by atoms with Gasteiger partial charge in [-0.05, 0) is 25.0 Å². The van der Waals surface area contributed by atoms with E-state index in [9.17, 15) is 0 Å². The van der Waals surface area contributed by atoms with Crippen molar-refractivity contribution in [1.29, 1.82) is 0 Å². The molecule has 0 bridgehead atoms. The van der Waals surface area contributed by atoms with E-state index in [-0.39, 0.29) is 0 Å². The number of aryl methyl sites for hydroxylation is 3. The molecule has 0 N–H and O–H groups in total. The highest BCUT2D eigenvalue weighted by molar-refractivity contribution is 6.30. The van der Waals surface area contributed by atoms with Crippen LogP contribution in [-0.4, -0.2) is 9.97 Å². The van der Waals surface area contributed by atoms with Gasteiger partial charge in [-0.25, -0.2) is 9.97 Å². The second-order valence-corrected chi connectivity index (χ2v) is 4.81. The van der Waals surface area contributed by atoms with Gasteiger partial charge in [-0.15, -0.1) is 0 Å². The summed E-state index contributed by atoms with van der Waals surface area (Å²) in [5.41, 5.74) is 4.56. The van der Waals surface area contributed by atoms with Gasteiger partial charge in [0, 0.05) is 24.1 Å². The average molecular weight is 261 g/mol. The molecule has 94 valence electrons. The van der Waals surface area contributed by atoms with Gasteiger partial charge in [0.15, 0.2) is 0 Å². The Hall–Kier alpha value is -1.41. The van der Waals surface area contributed by atoms with Crippen LogP contribution in [0.5, 0.6) is 0 Å². The molecular weight excluding hydrogens is 244 g/mol. The third kappa shape index (κ3) is 2.70. The van der Waals surface area contributed by atoms with E-state index in [2.05, 4.69) is 29.0 Å². The van der Waals surface area contributed by atoms with Crippen molar-refractivity contribution in [2.24, 2.45) is 0 Å². The Kier molecular flexibility index (Phi) is 3.97. The number of hydrogen-bond donors (Lipinski definition) is 0. The van der Waals surface area contributed by atoms with Gasteiger partial charge in [0.1, 0.15) is 11.0 Å². The quantitative estimate of drug-likeness (QED) is 0.783. The third-order valence-electron chi connectivity index (χ3n) is 3.15. The smallest absolute Gasteiger partial charge is 0.136 e. The van der Waals surface area contributed by atoms with Crippen LogP contribution in [0.3, 0.4) is 0 Å². The maximum atomic E-state index is 6.26. The highest BCUT2D eigenvalue weighted by Gasteiger charge is 2.10. The second kappa shape index (κ2) is 5.49. The first kappa shape index (κ1) is 13.0. The normalized spacial score (nSPS) is 10.7. The fourth-order valence-electron chi connectivity index (χ4n) is 1.97. The number of aromatic nitrogens is 2. The lowest BCUT2D eigenvalue weighted by atomic mass is 10.0. The Morgan fingerprint density at radius 2 is 1.83 bits per heavy atom. The molecule has 0 radical (unpaired) electrons. The van der Waals surface area contributed by atoms with E-state index in [1.165, 1.54) is 11.1 Å². The van der Waals surface area contributed by atoms with Crippen molar-refractivity contribution in [3.63, 3.8) is 0 Å². The Morgan fingerprint density at radius 1 is 1.11 bits per heavy atom. The molecule has 0 saturated heterocycles. The second-order valence-electron chi connectivity index (χ2n) is 4.45. The fourth-order valence-corrected chi connectivity index (χ4v) is 2.28. The van der Waals surface area contributed by atoms with Gasteiger partial charge in [0.2, 0.25) is 0 Å². The molecule has 2 rings (SSSR count). The Labute approximate surface area is 113 Å². The molecule has 0 fully saturated rings. The highest BCUT2D eigenvalue weighted by atomic mass is 35.5. The number of halogens is 1. The Morgan fingerprint density at radius 3 is 2.44 bits per heavy atom. The lowest BCUT2D eigenvalue weighted by molar-refractivity contribution is 0.892. The van der Waals surface area contributed by atoms with Gasteiger partial charge < -0.3 is 0 Å². The van der Waals surface area contributed by atoms with Gasteiger partial charge in [-0.3, -0.25) is 0 Å². The van der Waals surface area contributed by atoms with Gasteiger partial charge in [-0.2, -0.15) is 0 Å². The predicted octanol–water partition coefficient (Wildman–Crippen LogP) is 3.90. The van der Waals surface area contributed by atoms with E-state index in [1.807, 2.05) is 26.0 Å². The predicted molar refractivity (Wildman–Crippen MR) is 75.1 cm³/mol. The van der Waals surface area contributed by atoms with Crippen molar-refractivity contribution in [1.82, 2.24) is 9.97 Å². The zero-order valence-electron chi connectivity index (χ0n) is 11.0. The van der Waals surface area contributed by atoms with E-state index in [0.29, 0.717) is 5.15 Å². The number of nitrogens with zero attached hydrogens (tertiary/aromatic N) is 2. The summed E-state index contributed by atoms with van der Waals surface area (Å²) >= 11 is 6.26. The number of hydrogen-bond acceptors (Lipinski definition) is 2. The molecule has 0 atom stereocenters. The number of benzene rings is 1. The molecule has 0 spiro atoms. The monoisotopic (exact) mass is 260 g/mol. The van der Waals surface area contributed by atoms with E-state index in [4.69, 9.17) is 11.6 Å². The first-order valence-electron chi connectivity index (χ1n) is 6.18. The van der Waals surface area contributed by atoms with Gasteiger partial charge in [-0.1, -0.05) is 42.8 Å². The van der Waals surface area contributed by atoms with Crippen LogP contribution in [0, 0.1) is 13.8 Å². The lowest BCUT2D eigenvalue weighted by Gasteiger charge is -2.10. The summed E-state index contributed by atoms with van der Waals surface area (Å²) in [7, 11) is 0. The Balaban J connectivity index is 2.38. The van der Waals surface area contributed by atoms with Gasteiger partial charge >= 0.3 is 0 Å². The van der Waals surface area contributed by atoms with E-state index in [1.54, 1.807) is 0 Å². The molecule has 1 aromatic heterocycles. The van der Waals surface area contributed by atoms with Crippen LogP contribution >= 0.6 is 11.6 Å². The lowest BCUT2D eigenvalue weighted by Crippen LogP contribution is -2.03. The van der Waals surface area contributed by atoms with Crippen molar-refractivity contribution in [2.75, 3.05) is 0 Å². The number of rotatable bonds is 3. The molecular formula is C15H17ClN2.